The second-order valence-corrected chi connectivity index (χ2v) is 4.34. The number of nitrogens with two attached hydrogens (primary N) is 2. The average Bonchev–Trinajstić information content (AvgIpc) is 2.97. The molecule has 2 aromatic heterocycles. The molecule has 3 aromatic rings. The van der Waals surface area contributed by atoms with Gasteiger partial charge in [0.2, 0.25) is 0 Å². The van der Waals surface area contributed by atoms with Crippen LogP contribution in [0, 0.1) is 0 Å². The first-order valence-electron chi connectivity index (χ1n) is 6.17. The van der Waals surface area contributed by atoms with Crippen molar-refractivity contribution < 1.29 is 4.79 Å². The molecule has 7 nitrogen and oxygen atoms in total. The van der Waals surface area contributed by atoms with Gasteiger partial charge in [-0.25, -0.2) is 15.0 Å². The number of nitrogen functional groups attached to an aromatic ring is 1. The van der Waals surface area contributed by atoms with Crippen LogP contribution in [-0.2, 0) is 0 Å². The molecule has 21 heavy (non-hydrogen) atoms. The summed E-state index contributed by atoms with van der Waals surface area (Å²) in [5.41, 5.74) is 12.6. The molecular weight excluding hydrogens is 268 g/mol. The predicted octanol–water partition coefficient (Wildman–Crippen LogP) is 1.01. The molecule has 0 spiro atoms. The molecule has 0 unspecified atom stereocenters. The fourth-order valence-corrected chi connectivity index (χ4v) is 2.00. The van der Waals surface area contributed by atoms with Crippen LogP contribution in [0.25, 0.3) is 17.2 Å². The molecule has 0 aliphatic carbocycles. The van der Waals surface area contributed by atoms with Gasteiger partial charge in [-0.2, -0.15) is 0 Å². The van der Waals surface area contributed by atoms with Crippen molar-refractivity contribution in [1.29, 1.82) is 0 Å². The summed E-state index contributed by atoms with van der Waals surface area (Å²) in [6.45, 7) is 0. The molecule has 2 heterocycles. The molecule has 0 fully saturated rings. The zero-order chi connectivity index (χ0) is 14.8. The first-order valence-corrected chi connectivity index (χ1v) is 6.17. The summed E-state index contributed by atoms with van der Waals surface area (Å²) in [6.07, 6.45) is 6.23. The van der Waals surface area contributed by atoms with E-state index in [-0.39, 0.29) is 5.69 Å². The number of imidazole rings is 1. The summed E-state index contributed by atoms with van der Waals surface area (Å²) in [5, 5.41) is 0. The van der Waals surface area contributed by atoms with E-state index in [9.17, 15) is 4.79 Å². The Kier molecular flexibility index (Phi) is 3.07. The summed E-state index contributed by atoms with van der Waals surface area (Å²) in [7, 11) is 0. The molecule has 104 valence electrons. The summed E-state index contributed by atoms with van der Waals surface area (Å²) in [5.74, 6) is 0.322. The minimum atomic E-state index is -0.643. The molecule has 1 amide bonds. The van der Waals surface area contributed by atoms with Gasteiger partial charge in [-0.15, -0.1) is 0 Å². The lowest BCUT2D eigenvalue weighted by atomic mass is 10.2. The number of carbonyl (C=O) groups is 1. The van der Waals surface area contributed by atoms with Gasteiger partial charge in [0.05, 0.1) is 0 Å². The van der Waals surface area contributed by atoms with Gasteiger partial charge in [-0.1, -0.05) is 0 Å². The molecule has 0 aliphatic heterocycles. The highest BCUT2D eigenvalue weighted by molar-refractivity contribution is 5.93. The SMILES string of the molecule is NC(=O)c1nccnc1-n1ccnc1-c1ccc(N)cc1. The molecule has 4 N–H and O–H groups in total. The molecule has 7 heteroatoms. The Bertz CT molecular complexity index is 793. The number of hydrogen-bond donors (Lipinski definition) is 2. The van der Waals surface area contributed by atoms with Crippen LogP contribution >= 0.6 is 0 Å². The van der Waals surface area contributed by atoms with Crippen molar-refractivity contribution in [3.63, 3.8) is 0 Å². The maximum Gasteiger partial charge on any atom is 0.271 e. The fraction of sp³-hybridized carbons (Fsp3) is 0. The van der Waals surface area contributed by atoms with Gasteiger partial charge >= 0.3 is 0 Å². The third-order valence-electron chi connectivity index (χ3n) is 2.95. The zero-order valence-electron chi connectivity index (χ0n) is 11.0. The molecule has 0 saturated heterocycles. The van der Waals surface area contributed by atoms with Gasteiger partial charge in [-0.3, -0.25) is 9.36 Å². The lowest BCUT2D eigenvalue weighted by Gasteiger charge is -2.09. The minimum Gasteiger partial charge on any atom is -0.399 e. The summed E-state index contributed by atoms with van der Waals surface area (Å²) < 4.78 is 1.67. The van der Waals surface area contributed by atoms with Crippen LogP contribution in [0.4, 0.5) is 5.69 Å². The Morgan fingerprint density at radius 3 is 2.43 bits per heavy atom. The average molecular weight is 280 g/mol. The van der Waals surface area contributed by atoms with E-state index in [2.05, 4.69) is 15.0 Å². The van der Waals surface area contributed by atoms with Gasteiger partial charge in [0.15, 0.2) is 11.5 Å². The summed E-state index contributed by atoms with van der Waals surface area (Å²) in [4.78, 5) is 23.9. The topological polar surface area (TPSA) is 113 Å². The van der Waals surface area contributed by atoms with Crippen LogP contribution in [0.15, 0.2) is 49.1 Å². The summed E-state index contributed by atoms with van der Waals surface area (Å²) in [6, 6.07) is 7.24. The highest BCUT2D eigenvalue weighted by atomic mass is 16.1. The third kappa shape index (κ3) is 2.32. The molecule has 3 rings (SSSR count). The van der Waals surface area contributed by atoms with Gasteiger partial charge in [0.1, 0.15) is 5.82 Å². The van der Waals surface area contributed by atoms with Crippen molar-refractivity contribution in [3.05, 3.63) is 54.7 Å². The van der Waals surface area contributed by atoms with E-state index < -0.39 is 5.91 Å². The molecule has 0 bridgehead atoms. The van der Waals surface area contributed by atoms with Crippen LogP contribution in [0.3, 0.4) is 0 Å². The van der Waals surface area contributed by atoms with E-state index in [4.69, 9.17) is 11.5 Å². The van der Waals surface area contributed by atoms with Crippen molar-refractivity contribution in [2.45, 2.75) is 0 Å². The second kappa shape index (κ2) is 5.04. The predicted molar refractivity (Wildman–Crippen MR) is 77.5 cm³/mol. The van der Waals surface area contributed by atoms with E-state index in [0.717, 1.165) is 5.56 Å². The van der Waals surface area contributed by atoms with E-state index in [1.54, 1.807) is 29.1 Å². The van der Waals surface area contributed by atoms with Gasteiger partial charge in [0.25, 0.3) is 5.91 Å². The number of amides is 1. The molecule has 0 atom stereocenters. The molecule has 0 aliphatic rings. The number of nitrogens with zero attached hydrogens (tertiary/aromatic N) is 4. The Morgan fingerprint density at radius 1 is 1.00 bits per heavy atom. The lowest BCUT2D eigenvalue weighted by Crippen LogP contribution is -2.17. The van der Waals surface area contributed by atoms with Gasteiger partial charge in [-0.05, 0) is 24.3 Å². The number of primary amides is 1. The normalized spacial score (nSPS) is 10.5. The number of carbonyl (C=O) groups excluding carboxylic acids is 1. The molecule has 0 radical (unpaired) electrons. The second-order valence-electron chi connectivity index (χ2n) is 4.34. The van der Waals surface area contributed by atoms with Crippen LogP contribution < -0.4 is 11.5 Å². The number of benzene rings is 1. The van der Waals surface area contributed by atoms with Gasteiger partial charge in [0, 0.05) is 36.0 Å². The first kappa shape index (κ1) is 12.8. The largest absolute Gasteiger partial charge is 0.399 e. The summed E-state index contributed by atoms with van der Waals surface area (Å²) >= 11 is 0. The maximum atomic E-state index is 11.5. The highest BCUT2D eigenvalue weighted by Crippen LogP contribution is 2.22. The number of aromatic nitrogens is 4. The van der Waals surface area contributed by atoms with Crippen molar-refractivity contribution in [1.82, 2.24) is 19.5 Å². The third-order valence-corrected chi connectivity index (χ3v) is 2.95. The Hall–Kier alpha value is -3.22. The minimum absolute atomic E-state index is 0.0900. The molecule has 1 aromatic carbocycles. The van der Waals surface area contributed by atoms with Gasteiger partial charge < -0.3 is 11.5 Å². The lowest BCUT2D eigenvalue weighted by molar-refractivity contribution is 0.0995. The molecule has 0 saturated carbocycles. The Morgan fingerprint density at radius 2 is 1.71 bits per heavy atom. The Balaban J connectivity index is 2.16. The standard InChI is InChI=1S/C14H12N6O/c15-10-3-1-9(2-4-10)13-19-7-8-20(13)14-11(12(16)21)17-5-6-18-14/h1-8H,15H2,(H2,16,21). The van der Waals surface area contributed by atoms with E-state index in [1.807, 2.05) is 12.1 Å². The maximum absolute atomic E-state index is 11.5. The first-order chi connectivity index (χ1) is 10.2. The quantitative estimate of drug-likeness (QED) is 0.695. The van der Waals surface area contributed by atoms with E-state index >= 15 is 0 Å². The van der Waals surface area contributed by atoms with E-state index in [1.165, 1.54) is 12.4 Å². The monoisotopic (exact) mass is 280 g/mol. The smallest absolute Gasteiger partial charge is 0.271 e. The number of rotatable bonds is 3. The number of anilines is 1. The molecular formula is C14H12N6O. The van der Waals surface area contributed by atoms with Crippen LogP contribution in [0.5, 0.6) is 0 Å². The van der Waals surface area contributed by atoms with Crippen molar-refractivity contribution in [2.24, 2.45) is 5.73 Å². The van der Waals surface area contributed by atoms with Crippen LogP contribution in [-0.4, -0.2) is 25.4 Å². The van der Waals surface area contributed by atoms with Crippen LogP contribution in [0.2, 0.25) is 0 Å². The zero-order valence-corrected chi connectivity index (χ0v) is 11.0. The Labute approximate surface area is 120 Å². The van der Waals surface area contributed by atoms with Crippen LogP contribution in [0.1, 0.15) is 10.5 Å². The number of hydrogen-bond acceptors (Lipinski definition) is 5. The van der Waals surface area contributed by atoms with E-state index in [0.29, 0.717) is 17.3 Å². The fourth-order valence-electron chi connectivity index (χ4n) is 2.00. The highest BCUT2D eigenvalue weighted by Gasteiger charge is 2.16. The van der Waals surface area contributed by atoms with Crippen molar-refractivity contribution in [2.75, 3.05) is 5.73 Å². The van der Waals surface area contributed by atoms with Crippen molar-refractivity contribution in [3.8, 4) is 17.2 Å². The van der Waals surface area contributed by atoms with Crippen molar-refractivity contribution >= 4 is 11.6 Å².